The van der Waals surface area contributed by atoms with Crippen LogP contribution >= 0.6 is 11.3 Å². The number of nitrogen functional groups attached to an aromatic ring is 1. The molecule has 1 amide bonds. The quantitative estimate of drug-likeness (QED) is 0.169. The summed E-state index contributed by atoms with van der Waals surface area (Å²) in [5, 5.41) is 24.6. The van der Waals surface area contributed by atoms with Crippen molar-refractivity contribution in [2.24, 2.45) is 28.7 Å². The number of ketones is 1. The number of hydrogen-bond acceptors (Lipinski definition) is 16. The van der Waals surface area contributed by atoms with E-state index in [1.54, 1.807) is 13.8 Å². The Morgan fingerprint density at radius 1 is 1.14 bits per heavy atom. The van der Waals surface area contributed by atoms with E-state index < -0.39 is 89.3 Å². The van der Waals surface area contributed by atoms with Gasteiger partial charge in [0.15, 0.2) is 17.2 Å². The first kappa shape index (κ1) is 47.1. The predicted octanol–water partition coefficient (Wildman–Crippen LogP) is 3.83. The number of esters is 1. The molecule has 2 aromatic rings. The molecule has 17 heteroatoms. The Kier molecular flexibility index (Phi) is 15.5. The number of rotatable bonds is 8. The lowest BCUT2D eigenvalue weighted by Gasteiger charge is -2.47. The van der Waals surface area contributed by atoms with Crippen LogP contribution in [-0.2, 0) is 49.5 Å². The summed E-state index contributed by atoms with van der Waals surface area (Å²) in [5.74, 6) is -5.21. The van der Waals surface area contributed by atoms with Gasteiger partial charge < -0.3 is 44.5 Å². The van der Waals surface area contributed by atoms with Crippen LogP contribution in [0, 0.1) is 23.7 Å². The van der Waals surface area contributed by atoms with E-state index in [9.17, 15) is 24.6 Å². The summed E-state index contributed by atoms with van der Waals surface area (Å²) < 4.78 is 33.6. The maximum absolute atomic E-state index is 14.5. The number of benzene rings is 1. The van der Waals surface area contributed by atoms with E-state index in [-0.39, 0.29) is 44.8 Å². The van der Waals surface area contributed by atoms with Gasteiger partial charge in [0.2, 0.25) is 5.91 Å². The number of Topliss-reactive ketones (excluding diaryl/α,β-unsaturated/α-hetero) is 1. The van der Waals surface area contributed by atoms with Gasteiger partial charge in [-0.05, 0) is 84.7 Å². The van der Waals surface area contributed by atoms with Gasteiger partial charge in [-0.1, -0.05) is 45.1 Å². The number of cyclic esters (lactones) is 1. The number of amides is 1. The number of aliphatic hydroxyl groups is 2. The number of aliphatic hydroxyl groups excluding tert-OH is 1. The maximum Gasteiger partial charge on any atom is 0.316 e. The van der Waals surface area contributed by atoms with E-state index in [4.69, 9.17) is 34.3 Å². The molecule has 0 aliphatic carbocycles. The van der Waals surface area contributed by atoms with E-state index in [2.05, 4.69) is 15.5 Å². The molecule has 0 saturated carbocycles. The molecule has 3 fully saturated rings. The van der Waals surface area contributed by atoms with Crippen LogP contribution in [0.15, 0.2) is 23.2 Å². The lowest BCUT2D eigenvalue weighted by atomic mass is 9.73. The monoisotopic (exact) mass is 847 g/mol. The minimum absolute atomic E-state index is 0.0406. The molecule has 1 aromatic heterocycles. The highest BCUT2D eigenvalue weighted by molar-refractivity contribution is 7.22. The highest BCUT2D eigenvalue weighted by atomic mass is 32.1. The fourth-order valence-corrected chi connectivity index (χ4v) is 9.74. The van der Waals surface area contributed by atoms with Crippen molar-refractivity contribution >= 4 is 50.1 Å². The highest BCUT2D eigenvalue weighted by Crippen LogP contribution is 2.40. The predicted molar refractivity (Wildman–Crippen MR) is 222 cm³/mol. The summed E-state index contributed by atoms with van der Waals surface area (Å²) in [6.45, 7) is 15.3. The third-order valence-electron chi connectivity index (χ3n) is 12.2. The molecule has 5 N–H and O–H groups in total. The number of aliphatic imine (C=N–C) groups is 1. The summed E-state index contributed by atoms with van der Waals surface area (Å²) in [5.41, 5.74) is 7.87. The Morgan fingerprint density at radius 2 is 1.85 bits per heavy atom. The Hall–Kier alpha value is -2.97. The smallest absolute Gasteiger partial charge is 0.316 e. The number of carbonyl (C=O) groups excluding carboxylic acids is 3. The van der Waals surface area contributed by atoms with Crippen molar-refractivity contribution in [3.05, 3.63) is 23.8 Å². The lowest BCUT2D eigenvalue weighted by molar-refractivity contribution is -0.298. The van der Waals surface area contributed by atoms with Crippen molar-refractivity contribution in [3.8, 4) is 0 Å². The van der Waals surface area contributed by atoms with Crippen molar-refractivity contribution in [2.45, 2.75) is 148 Å². The van der Waals surface area contributed by atoms with Gasteiger partial charge in [0, 0.05) is 30.5 Å². The number of hydroxylamine groups is 1. The van der Waals surface area contributed by atoms with Gasteiger partial charge in [0.1, 0.15) is 23.7 Å². The molecule has 16 nitrogen and oxygen atoms in total. The van der Waals surface area contributed by atoms with Gasteiger partial charge in [-0.25, -0.2) is 9.98 Å². The van der Waals surface area contributed by atoms with E-state index in [1.807, 2.05) is 64.9 Å². The molecule has 59 heavy (non-hydrogen) atoms. The van der Waals surface area contributed by atoms with Crippen LogP contribution in [0.4, 0.5) is 5.13 Å². The van der Waals surface area contributed by atoms with Crippen molar-refractivity contribution in [3.63, 3.8) is 0 Å². The molecule has 14 atom stereocenters. The number of hydrogen-bond donors (Lipinski definition) is 4. The van der Waals surface area contributed by atoms with Crippen LogP contribution in [0.25, 0.3) is 10.2 Å². The first-order valence-corrected chi connectivity index (χ1v) is 21.5. The second-order valence-electron chi connectivity index (χ2n) is 17.4. The number of aromatic nitrogens is 1. The van der Waals surface area contributed by atoms with Crippen LogP contribution in [0.2, 0.25) is 0 Å². The number of nitrogens with two attached hydrogens (primary N) is 1. The van der Waals surface area contributed by atoms with E-state index in [1.165, 1.54) is 32.1 Å². The zero-order valence-corrected chi connectivity index (χ0v) is 37.1. The molecule has 1 aromatic carbocycles. The number of nitrogens with one attached hydrogen (secondary N) is 1. The van der Waals surface area contributed by atoms with Crippen LogP contribution in [0.1, 0.15) is 87.1 Å². The van der Waals surface area contributed by atoms with Crippen LogP contribution in [0.3, 0.4) is 0 Å². The number of anilines is 1. The largest absolute Gasteiger partial charge is 0.459 e. The maximum atomic E-state index is 14.5. The third-order valence-corrected chi connectivity index (χ3v) is 13.0. The fourth-order valence-electron chi connectivity index (χ4n) is 9.03. The molecule has 3 saturated heterocycles. The zero-order valence-electron chi connectivity index (χ0n) is 36.3. The third kappa shape index (κ3) is 10.7. The molecule has 3 aliphatic heterocycles. The standard InChI is InChI=1S/C42H65N5O11S/c1-12-32-42(9,52)37-23(4)33(44-26(7)48)21(2)17-41(8,54-20-28(19-53-37)46-55-18-27-13-14-31-29(16-27)45-40(43)59-31)36(24(5)34(49)25(6)38(51)57-32)58-39-35(50)30(47(10)11)15-22(3)56-39/h13-14,16,21-25,28,30,32,35-37,39,46,50,52H,12,15,17-20H2,1-11H3,(H2,43,45)/t21-,22-,23+,24+,25-,28?,30+,32-,35-,36-,37-,39+,41-,42-/m1/s1. The summed E-state index contributed by atoms with van der Waals surface area (Å²) in [6.07, 6.45) is -4.95. The Bertz CT molecular complexity index is 1820. The van der Waals surface area contributed by atoms with Gasteiger partial charge in [0.05, 0.1) is 60.0 Å². The Morgan fingerprint density at radius 3 is 2.51 bits per heavy atom. The molecular formula is C42H65N5O11S. The molecule has 4 heterocycles. The topological polar surface area (TPSA) is 214 Å². The second kappa shape index (κ2) is 19.4. The van der Waals surface area contributed by atoms with Crippen molar-refractivity contribution < 1.29 is 53.1 Å². The Labute approximate surface area is 351 Å². The molecule has 2 bridgehead atoms. The number of carbonyl (C=O) groups is 3. The normalized spacial score (nSPS) is 38.8. The van der Waals surface area contributed by atoms with Crippen LogP contribution in [0.5, 0.6) is 0 Å². The van der Waals surface area contributed by atoms with E-state index >= 15 is 0 Å². The zero-order chi connectivity index (χ0) is 43.6. The molecule has 3 aliphatic rings. The minimum Gasteiger partial charge on any atom is -0.459 e. The minimum atomic E-state index is -1.83. The fraction of sp³-hybridized carbons (Fsp3) is 0.738. The lowest BCUT2D eigenvalue weighted by Crippen LogP contribution is -2.60. The molecule has 1 unspecified atom stereocenters. The average molecular weight is 848 g/mol. The van der Waals surface area contributed by atoms with Gasteiger partial charge in [-0.2, -0.15) is 5.48 Å². The summed E-state index contributed by atoms with van der Waals surface area (Å²) in [4.78, 5) is 58.1. The summed E-state index contributed by atoms with van der Waals surface area (Å²) >= 11 is 1.40. The van der Waals surface area contributed by atoms with Gasteiger partial charge in [-0.3, -0.25) is 19.2 Å². The van der Waals surface area contributed by atoms with Crippen molar-refractivity contribution in [2.75, 3.05) is 33.0 Å². The molecular weight excluding hydrogens is 783 g/mol. The van der Waals surface area contributed by atoms with Gasteiger partial charge >= 0.3 is 5.97 Å². The number of fused-ring (bicyclic) bond motifs is 6. The first-order chi connectivity index (χ1) is 27.7. The van der Waals surface area contributed by atoms with Gasteiger partial charge in [0.25, 0.3) is 0 Å². The summed E-state index contributed by atoms with van der Waals surface area (Å²) in [6, 6.07) is 4.77. The number of nitrogens with zero attached hydrogens (tertiary/aromatic N) is 3. The molecule has 5 rings (SSSR count). The molecule has 0 radical (unpaired) electrons. The number of likely N-dealkylation sites (N-methyl/N-ethyl adjacent to an activating group) is 1. The molecule has 0 spiro atoms. The average Bonchev–Trinajstić information content (AvgIpc) is 3.54. The van der Waals surface area contributed by atoms with Crippen LogP contribution < -0.4 is 11.2 Å². The second-order valence-corrected chi connectivity index (χ2v) is 18.4. The van der Waals surface area contributed by atoms with Crippen molar-refractivity contribution in [1.29, 1.82) is 0 Å². The highest BCUT2D eigenvalue weighted by Gasteiger charge is 2.53. The van der Waals surface area contributed by atoms with E-state index in [0.717, 1.165) is 15.8 Å². The van der Waals surface area contributed by atoms with Crippen LogP contribution in [-0.4, -0.2) is 131 Å². The summed E-state index contributed by atoms with van der Waals surface area (Å²) in [7, 11) is 3.74. The van der Waals surface area contributed by atoms with Gasteiger partial charge in [-0.15, -0.1) is 0 Å². The Balaban J connectivity index is 1.62. The number of ether oxygens (including phenoxy) is 5. The first-order valence-electron chi connectivity index (χ1n) is 20.7. The van der Waals surface area contributed by atoms with Crippen molar-refractivity contribution in [1.82, 2.24) is 15.4 Å². The molecule has 330 valence electrons. The number of thiazole rings is 1. The SMILES string of the molecule is CC[C@H]1OC(=O)[C@H](C)C(=O)[C@H](C)[C@@H](O[C@@H]2O[C@H](C)C[C@H](N(C)C)[C@H]2O)[C@@]2(C)C[C@@H](C)C(=NC(C)=O)[C@H](C)[C@@H](OCC(NOCc3ccc4sc(N)nc4c3)CO2)[C@]1(C)O. The van der Waals surface area contributed by atoms with E-state index in [0.29, 0.717) is 17.3 Å².